The zero-order valence-corrected chi connectivity index (χ0v) is 15.1. The number of nitrogens with zero attached hydrogens (tertiary/aromatic N) is 1. The molecule has 0 aliphatic rings. The van der Waals surface area contributed by atoms with Crippen molar-refractivity contribution in [3.05, 3.63) is 52.5 Å². The van der Waals surface area contributed by atoms with Crippen LogP contribution in [0.3, 0.4) is 0 Å². The Hall–Kier alpha value is -2.12. The third-order valence-electron chi connectivity index (χ3n) is 2.87. The molecule has 0 heterocycles. The van der Waals surface area contributed by atoms with Crippen LogP contribution >= 0.6 is 28.1 Å². The quantitative estimate of drug-likeness (QED) is 0.459. The van der Waals surface area contributed by atoms with E-state index in [2.05, 4.69) is 31.8 Å². The van der Waals surface area contributed by atoms with Crippen LogP contribution in [-0.2, 0) is 0 Å². The molecular formula is C16H16BrN3O2S. The van der Waals surface area contributed by atoms with Gasteiger partial charge in [0.25, 0.3) is 0 Å². The number of ether oxygens (including phenoxy) is 2. The summed E-state index contributed by atoms with van der Waals surface area (Å²) >= 11 is 8.61. The number of rotatable bonds is 5. The van der Waals surface area contributed by atoms with E-state index in [0.29, 0.717) is 16.6 Å². The van der Waals surface area contributed by atoms with Crippen molar-refractivity contribution < 1.29 is 9.47 Å². The van der Waals surface area contributed by atoms with Gasteiger partial charge in [-0.25, -0.2) is 0 Å². The lowest BCUT2D eigenvalue weighted by Crippen LogP contribution is -2.23. The molecule has 0 saturated carbocycles. The van der Waals surface area contributed by atoms with Gasteiger partial charge in [-0.1, -0.05) is 18.2 Å². The molecule has 2 rings (SSSR count). The van der Waals surface area contributed by atoms with E-state index in [1.54, 1.807) is 20.4 Å². The SMILES string of the molecule is COc1cc(C=NNC(=S)Nc2ccccc2)cc(Br)c1OC. The minimum atomic E-state index is 0.409. The molecule has 0 saturated heterocycles. The Morgan fingerprint density at radius 1 is 1.17 bits per heavy atom. The van der Waals surface area contributed by atoms with E-state index in [0.717, 1.165) is 15.7 Å². The van der Waals surface area contributed by atoms with E-state index < -0.39 is 0 Å². The van der Waals surface area contributed by atoms with Crippen LogP contribution < -0.4 is 20.2 Å². The number of thiocarbonyl (C=S) groups is 1. The molecule has 0 unspecified atom stereocenters. The molecule has 2 N–H and O–H groups in total. The van der Waals surface area contributed by atoms with Gasteiger partial charge < -0.3 is 14.8 Å². The van der Waals surface area contributed by atoms with Gasteiger partial charge >= 0.3 is 0 Å². The minimum absolute atomic E-state index is 0.409. The van der Waals surface area contributed by atoms with Crippen LogP contribution in [0.4, 0.5) is 5.69 Å². The van der Waals surface area contributed by atoms with E-state index in [1.807, 2.05) is 42.5 Å². The zero-order chi connectivity index (χ0) is 16.7. The first-order valence-electron chi connectivity index (χ1n) is 6.70. The highest BCUT2D eigenvalue weighted by Crippen LogP contribution is 2.35. The van der Waals surface area contributed by atoms with E-state index >= 15 is 0 Å². The average Bonchev–Trinajstić information content (AvgIpc) is 2.55. The van der Waals surface area contributed by atoms with Gasteiger partial charge in [0, 0.05) is 5.69 Å². The Morgan fingerprint density at radius 3 is 2.57 bits per heavy atom. The van der Waals surface area contributed by atoms with Crippen LogP contribution in [0.5, 0.6) is 11.5 Å². The van der Waals surface area contributed by atoms with E-state index in [-0.39, 0.29) is 0 Å². The second-order valence-electron chi connectivity index (χ2n) is 4.43. The van der Waals surface area contributed by atoms with Crippen molar-refractivity contribution in [2.24, 2.45) is 5.10 Å². The van der Waals surface area contributed by atoms with Crippen molar-refractivity contribution in [3.8, 4) is 11.5 Å². The predicted molar refractivity (Wildman–Crippen MR) is 101 cm³/mol. The van der Waals surface area contributed by atoms with Crippen molar-refractivity contribution in [2.75, 3.05) is 19.5 Å². The molecule has 120 valence electrons. The molecule has 0 bridgehead atoms. The molecule has 5 nitrogen and oxygen atoms in total. The molecule has 0 radical (unpaired) electrons. The van der Waals surface area contributed by atoms with Crippen LogP contribution in [0.25, 0.3) is 0 Å². The third kappa shape index (κ3) is 4.94. The Bertz CT molecular complexity index is 708. The first kappa shape index (κ1) is 17.2. The van der Waals surface area contributed by atoms with Crippen LogP contribution in [0.2, 0.25) is 0 Å². The zero-order valence-electron chi connectivity index (χ0n) is 12.7. The number of methoxy groups -OCH3 is 2. The largest absolute Gasteiger partial charge is 0.493 e. The van der Waals surface area contributed by atoms with Gasteiger partial charge in [0.05, 0.1) is 24.9 Å². The van der Waals surface area contributed by atoms with Crippen LogP contribution in [-0.4, -0.2) is 25.5 Å². The monoisotopic (exact) mass is 393 g/mol. The predicted octanol–water partition coefficient (Wildman–Crippen LogP) is 3.79. The number of halogens is 1. The van der Waals surface area contributed by atoms with Crippen molar-refractivity contribution in [1.82, 2.24) is 5.43 Å². The maximum Gasteiger partial charge on any atom is 0.191 e. The summed E-state index contributed by atoms with van der Waals surface area (Å²) in [6, 6.07) is 13.3. The number of hydrogen-bond acceptors (Lipinski definition) is 4. The molecule has 0 aromatic heterocycles. The maximum atomic E-state index is 5.29. The lowest BCUT2D eigenvalue weighted by molar-refractivity contribution is 0.353. The van der Waals surface area contributed by atoms with E-state index in [1.165, 1.54) is 0 Å². The van der Waals surface area contributed by atoms with Gasteiger partial charge in [-0.15, -0.1) is 0 Å². The van der Waals surface area contributed by atoms with Crippen molar-refractivity contribution in [1.29, 1.82) is 0 Å². The van der Waals surface area contributed by atoms with Gasteiger partial charge in [-0.3, -0.25) is 5.43 Å². The molecule has 0 atom stereocenters. The van der Waals surface area contributed by atoms with Gasteiger partial charge in [0.15, 0.2) is 16.6 Å². The van der Waals surface area contributed by atoms with Crippen LogP contribution in [0.1, 0.15) is 5.56 Å². The number of para-hydroxylation sites is 1. The average molecular weight is 394 g/mol. The normalized spacial score (nSPS) is 10.4. The molecule has 2 aromatic carbocycles. The van der Waals surface area contributed by atoms with Crippen LogP contribution in [0, 0.1) is 0 Å². The maximum absolute atomic E-state index is 5.29. The summed E-state index contributed by atoms with van der Waals surface area (Å²) in [6.07, 6.45) is 1.64. The highest BCUT2D eigenvalue weighted by molar-refractivity contribution is 9.10. The second-order valence-corrected chi connectivity index (χ2v) is 5.69. The smallest absolute Gasteiger partial charge is 0.191 e. The van der Waals surface area contributed by atoms with Gasteiger partial charge in [-0.2, -0.15) is 5.10 Å². The lowest BCUT2D eigenvalue weighted by Gasteiger charge is -2.10. The van der Waals surface area contributed by atoms with Gasteiger partial charge in [-0.05, 0) is 58.0 Å². The third-order valence-corrected chi connectivity index (χ3v) is 3.65. The van der Waals surface area contributed by atoms with E-state index in [9.17, 15) is 0 Å². The summed E-state index contributed by atoms with van der Waals surface area (Å²) in [6.45, 7) is 0. The lowest BCUT2D eigenvalue weighted by atomic mass is 10.2. The van der Waals surface area contributed by atoms with E-state index in [4.69, 9.17) is 21.7 Å². The summed E-state index contributed by atoms with van der Waals surface area (Å²) in [5, 5.41) is 7.56. The highest BCUT2D eigenvalue weighted by atomic mass is 79.9. The van der Waals surface area contributed by atoms with Gasteiger partial charge in [0.1, 0.15) is 0 Å². The van der Waals surface area contributed by atoms with Crippen LogP contribution in [0.15, 0.2) is 52.0 Å². The number of benzene rings is 2. The molecule has 7 heteroatoms. The van der Waals surface area contributed by atoms with Crippen molar-refractivity contribution in [2.45, 2.75) is 0 Å². The topological polar surface area (TPSA) is 54.9 Å². The second kappa shape index (κ2) is 8.50. The Morgan fingerprint density at radius 2 is 1.91 bits per heavy atom. The van der Waals surface area contributed by atoms with Gasteiger partial charge in [0.2, 0.25) is 0 Å². The molecule has 23 heavy (non-hydrogen) atoms. The Kier molecular flexibility index (Phi) is 6.37. The Balaban J connectivity index is 2.00. The van der Waals surface area contributed by atoms with Crippen molar-refractivity contribution >= 4 is 45.2 Å². The first-order chi connectivity index (χ1) is 11.1. The summed E-state index contributed by atoms with van der Waals surface area (Å²) < 4.78 is 11.3. The summed E-state index contributed by atoms with van der Waals surface area (Å²) in [5.74, 6) is 1.26. The van der Waals surface area contributed by atoms with Crippen molar-refractivity contribution in [3.63, 3.8) is 0 Å². The minimum Gasteiger partial charge on any atom is -0.493 e. The fraction of sp³-hybridized carbons (Fsp3) is 0.125. The fourth-order valence-corrected chi connectivity index (χ4v) is 2.65. The fourth-order valence-electron chi connectivity index (χ4n) is 1.86. The summed E-state index contributed by atoms with van der Waals surface area (Å²) in [7, 11) is 3.17. The highest BCUT2D eigenvalue weighted by Gasteiger charge is 2.09. The molecule has 0 spiro atoms. The summed E-state index contributed by atoms with van der Waals surface area (Å²) in [4.78, 5) is 0. The molecule has 0 aliphatic heterocycles. The Labute approximate surface area is 148 Å². The number of anilines is 1. The number of nitrogens with one attached hydrogen (secondary N) is 2. The molecule has 2 aromatic rings. The number of hydrazone groups is 1. The molecular weight excluding hydrogens is 378 g/mol. The summed E-state index contributed by atoms with van der Waals surface area (Å²) in [5.41, 5.74) is 4.50. The molecule has 0 amide bonds. The molecule has 0 aliphatic carbocycles. The molecule has 0 fully saturated rings. The first-order valence-corrected chi connectivity index (χ1v) is 7.90. The number of hydrogen-bond donors (Lipinski definition) is 2. The standard InChI is InChI=1S/C16H16BrN3O2S/c1-21-14-9-11(8-13(17)15(14)22-2)10-18-20-16(23)19-12-6-4-3-5-7-12/h3-10H,1-2H3,(H2,19,20,23).